The van der Waals surface area contributed by atoms with E-state index in [1.807, 2.05) is 6.92 Å². The Bertz CT molecular complexity index is 161. The molecule has 0 bridgehead atoms. The molecule has 0 heterocycles. The summed E-state index contributed by atoms with van der Waals surface area (Å²) in [5.41, 5.74) is -0.448. The Morgan fingerprint density at radius 3 is 2.62 bits per heavy atom. The smallest absolute Gasteiger partial charge is 0.405 e. The zero-order valence-electron chi connectivity index (χ0n) is 8.59. The second kappa shape index (κ2) is 5.80. The highest BCUT2D eigenvalue weighted by Crippen LogP contribution is 2.14. The number of unbranched alkanes of at least 4 members (excludes halogenated alkanes) is 1. The molecule has 1 atom stereocenters. The van der Waals surface area contributed by atoms with Gasteiger partial charge in [-0.2, -0.15) is 0 Å². The summed E-state index contributed by atoms with van der Waals surface area (Å²) in [4.78, 5) is 10.5. The van der Waals surface area contributed by atoms with Gasteiger partial charge >= 0.3 is 6.09 Å². The summed E-state index contributed by atoms with van der Waals surface area (Å²) in [5.74, 6) is 0. The van der Waals surface area contributed by atoms with Crippen molar-refractivity contribution in [3.8, 4) is 0 Å². The van der Waals surface area contributed by atoms with E-state index in [1.54, 1.807) is 7.11 Å². The third kappa shape index (κ3) is 5.47. The molecule has 0 spiro atoms. The average molecular weight is 189 g/mol. The Labute approximate surface area is 79.3 Å². The van der Waals surface area contributed by atoms with Crippen molar-refractivity contribution in [2.75, 3.05) is 13.7 Å². The Morgan fingerprint density at radius 2 is 2.23 bits per heavy atom. The topological polar surface area (TPSA) is 58.6 Å². The van der Waals surface area contributed by atoms with Crippen LogP contribution in [0.5, 0.6) is 0 Å². The van der Waals surface area contributed by atoms with E-state index >= 15 is 0 Å². The Balaban J connectivity index is 4.06. The lowest BCUT2D eigenvalue weighted by atomic mass is 9.96. The first-order valence-electron chi connectivity index (χ1n) is 4.54. The molecule has 2 N–H and O–H groups in total. The van der Waals surface area contributed by atoms with E-state index in [0.717, 1.165) is 19.3 Å². The zero-order chi connectivity index (χ0) is 10.3. The number of ether oxygens (including phenoxy) is 1. The van der Waals surface area contributed by atoms with Crippen LogP contribution in [0.15, 0.2) is 0 Å². The highest BCUT2D eigenvalue weighted by Gasteiger charge is 2.25. The van der Waals surface area contributed by atoms with E-state index in [9.17, 15) is 4.79 Å². The monoisotopic (exact) mass is 189 g/mol. The van der Waals surface area contributed by atoms with E-state index in [0.29, 0.717) is 6.61 Å². The van der Waals surface area contributed by atoms with Crippen molar-refractivity contribution in [1.82, 2.24) is 5.32 Å². The van der Waals surface area contributed by atoms with Gasteiger partial charge < -0.3 is 15.2 Å². The van der Waals surface area contributed by atoms with E-state index < -0.39 is 11.6 Å². The van der Waals surface area contributed by atoms with Crippen LogP contribution in [-0.4, -0.2) is 30.5 Å². The minimum absolute atomic E-state index is 0.416. The van der Waals surface area contributed by atoms with E-state index in [1.165, 1.54) is 0 Å². The Hall–Kier alpha value is -0.770. The zero-order valence-corrected chi connectivity index (χ0v) is 8.59. The van der Waals surface area contributed by atoms with Gasteiger partial charge in [-0.25, -0.2) is 4.79 Å². The average Bonchev–Trinajstić information content (AvgIpc) is 2.00. The summed E-state index contributed by atoms with van der Waals surface area (Å²) in [6.45, 7) is 4.35. The lowest BCUT2D eigenvalue weighted by Crippen LogP contribution is -2.48. The lowest BCUT2D eigenvalue weighted by molar-refractivity contribution is 0.105. The van der Waals surface area contributed by atoms with Gasteiger partial charge in [0.2, 0.25) is 0 Å². The molecule has 0 radical (unpaired) electrons. The van der Waals surface area contributed by atoms with Crippen molar-refractivity contribution < 1.29 is 14.6 Å². The first-order valence-corrected chi connectivity index (χ1v) is 4.54. The van der Waals surface area contributed by atoms with Crippen LogP contribution in [0, 0.1) is 0 Å². The molecule has 13 heavy (non-hydrogen) atoms. The van der Waals surface area contributed by atoms with Crippen molar-refractivity contribution in [2.24, 2.45) is 0 Å². The fraction of sp³-hybridized carbons (Fsp3) is 0.889. The van der Waals surface area contributed by atoms with Crippen LogP contribution in [0.1, 0.15) is 33.1 Å². The SMILES string of the molecule is CCCC[C@](C)(COC)NC(=O)O. The number of hydrogen-bond acceptors (Lipinski definition) is 2. The number of carbonyl (C=O) groups is 1. The maximum Gasteiger partial charge on any atom is 0.405 e. The summed E-state index contributed by atoms with van der Waals surface area (Å²) in [6, 6.07) is 0. The van der Waals surface area contributed by atoms with Crippen LogP contribution in [0.25, 0.3) is 0 Å². The summed E-state index contributed by atoms with van der Waals surface area (Å²) in [7, 11) is 1.58. The molecule has 0 aromatic carbocycles. The molecule has 4 heteroatoms. The highest BCUT2D eigenvalue weighted by molar-refractivity contribution is 5.65. The van der Waals surface area contributed by atoms with Crippen LogP contribution >= 0.6 is 0 Å². The number of rotatable bonds is 6. The summed E-state index contributed by atoms with van der Waals surface area (Å²) < 4.78 is 4.98. The number of amides is 1. The van der Waals surface area contributed by atoms with Crippen molar-refractivity contribution in [3.63, 3.8) is 0 Å². The third-order valence-electron chi connectivity index (χ3n) is 1.95. The minimum atomic E-state index is -0.990. The van der Waals surface area contributed by atoms with E-state index in [-0.39, 0.29) is 0 Å². The third-order valence-corrected chi connectivity index (χ3v) is 1.95. The van der Waals surface area contributed by atoms with Crippen LogP contribution < -0.4 is 5.32 Å². The number of methoxy groups -OCH3 is 1. The number of hydrogen-bond donors (Lipinski definition) is 2. The largest absolute Gasteiger partial charge is 0.465 e. The second-order valence-corrected chi connectivity index (χ2v) is 3.53. The van der Waals surface area contributed by atoms with Crippen molar-refractivity contribution in [1.29, 1.82) is 0 Å². The van der Waals surface area contributed by atoms with Gasteiger partial charge in [-0.3, -0.25) is 0 Å². The van der Waals surface area contributed by atoms with Gasteiger partial charge in [0.25, 0.3) is 0 Å². The molecule has 0 rings (SSSR count). The molecule has 4 nitrogen and oxygen atoms in total. The summed E-state index contributed by atoms with van der Waals surface area (Å²) >= 11 is 0. The predicted octanol–water partition coefficient (Wildman–Crippen LogP) is 1.85. The van der Waals surface area contributed by atoms with Gasteiger partial charge in [-0.1, -0.05) is 19.8 Å². The first kappa shape index (κ1) is 12.2. The van der Waals surface area contributed by atoms with Crippen LogP contribution in [0.2, 0.25) is 0 Å². The summed E-state index contributed by atoms with van der Waals surface area (Å²) in [6.07, 6.45) is 1.88. The van der Waals surface area contributed by atoms with Crippen LogP contribution in [-0.2, 0) is 4.74 Å². The minimum Gasteiger partial charge on any atom is -0.465 e. The molecule has 0 aliphatic rings. The normalized spacial score (nSPS) is 15.0. The first-order chi connectivity index (χ1) is 6.04. The van der Waals surface area contributed by atoms with Gasteiger partial charge in [0.15, 0.2) is 0 Å². The highest BCUT2D eigenvalue weighted by atomic mass is 16.5. The van der Waals surface area contributed by atoms with E-state index in [4.69, 9.17) is 9.84 Å². The molecule has 0 unspecified atom stereocenters. The van der Waals surface area contributed by atoms with E-state index in [2.05, 4.69) is 12.2 Å². The predicted molar refractivity (Wildman–Crippen MR) is 51.0 cm³/mol. The van der Waals surface area contributed by atoms with Gasteiger partial charge in [-0.15, -0.1) is 0 Å². The van der Waals surface area contributed by atoms with Gasteiger partial charge in [0.1, 0.15) is 0 Å². The number of carboxylic acid groups (broad SMARTS) is 1. The van der Waals surface area contributed by atoms with Crippen molar-refractivity contribution in [2.45, 2.75) is 38.6 Å². The second-order valence-electron chi connectivity index (χ2n) is 3.53. The number of nitrogens with one attached hydrogen (secondary N) is 1. The standard InChI is InChI=1S/C9H19NO3/c1-4-5-6-9(2,7-13-3)10-8(11)12/h10H,4-7H2,1-3H3,(H,11,12)/t9-/m1/s1. The van der Waals surface area contributed by atoms with Crippen molar-refractivity contribution >= 4 is 6.09 Å². The molecular weight excluding hydrogens is 170 g/mol. The van der Waals surface area contributed by atoms with Gasteiger partial charge in [0.05, 0.1) is 12.1 Å². The Kier molecular flexibility index (Phi) is 5.46. The molecule has 0 saturated heterocycles. The molecule has 1 amide bonds. The maximum absolute atomic E-state index is 10.5. The van der Waals surface area contributed by atoms with Crippen molar-refractivity contribution in [3.05, 3.63) is 0 Å². The molecular formula is C9H19NO3. The molecule has 78 valence electrons. The van der Waals surface area contributed by atoms with Gasteiger partial charge in [0, 0.05) is 7.11 Å². The summed E-state index contributed by atoms with van der Waals surface area (Å²) in [5, 5.41) is 11.1. The molecule has 0 saturated carbocycles. The molecule has 0 aromatic rings. The van der Waals surface area contributed by atoms with Gasteiger partial charge in [-0.05, 0) is 13.3 Å². The van der Waals surface area contributed by atoms with Crippen LogP contribution in [0.3, 0.4) is 0 Å². The molecule has 0 aromatic heterocycles. The Morgan fingerprint density at radius 1 is 1.62 bits per heavy atom. The molecule has 0 fully saturated rings. The quantitative estimate of drug-likeness (QED) is 0.670. The fourth-order valence-electron chi connectivity index (χ4n) is 1.31. The fourth-order valence-corrected chi connectivity index (χ4v) is 1.31. The van der Waals surface area contributed by atoms with Crippen LogP contribution in [0.4, 0.5) is 4.79 Å². The maximum atomic E-state index is 10.5. The molecule has 0 aliphatic heterocycles. The lowest BCUT2D eigenvalue weighted by Gasteiger charge is -2.28. The molecule has 0 aliphatic carbocycles.